The van der Waals surface area contributed by atoms with Gasteiger partial charge in [0.25, 0.3) is 0 Å². The number of esters is 2. The lowest BCUT2D eigenvalue weighted by Crippen LogP contribution is -2.13. The molecule has 0 aromatic heterocycles. The van der Waals surface area contributed by atoms with E-state index in [0.717, 1.165) is 6.08 Å². The van der Waals surface area contributed by atoms with Gasteiger partial charge in [0.1, 0.15) is 5.75 Å². The Morgan fingerprint density at radius 2 is 1.76 bits per heavy atom. The van der Waals surface area contributed by atoms with Crippen molar-refractivity contribution in [2.75, 3.05) is 19.8 Å². The Balaban J connectivity index is 2.20. The minimum absolute atomic E-state index is 0.0182. The van der Waals surface area contributed by atoms with Crippen molar-refractivity contribution >= 4 is 17.7 Å². The van der Waals surface area contributed by atoms with Crippen molar-refractivity contribution < 1.29 is 33.7 Å². The van der Waals surface area contributed by atoms with Crippen LogP contribution in [0.2, 0.25) is 0 Å². The maximum Gasteiger partial charge on any atom is 0.373 e. The van der Waals surface area contributed by atoms with E-state index in [2.05, 4.69) is 11.3 Å². The van der Waals surface area contributed by atoms with Gasteiger partial charge in [-0.2, -0.15) is 0 Å². The zero-order chi connectivity index (χ0) is 18.5. The molecule has 0 heterocycles. The molecule has 0 saturated heterocycles. The van der Waals surface area contributed by atoms with Gasteiger partial charge in [-0.15, -0.1) is 0 Å². The molecule has 0 unspecified atom stereocenters. The van der Waals surface area contributed by atoms with E-state index in [-0.39, 0.29) is 25.4 Å². The third-order valence-corrected chi connectivity index (χ3v) is 2.82. The number of carbonyl (C=O) groups is 3. The first kappa shape index (κ1) is 20.0. The molecule has 7 heteroatoms. The fourth-order valence-electron chi connectivity index (χ4n) is 1.57. The molecule has 0 amide bonds. The number of ketones is 1. The van der Waals surface area contributed by atoms with Crippen molar-refractivity contribution in [3.8, 4) is 5.75 Å². The fourth-order valence-corrected chi connectivity index (χ4v) is 1.57. The number of hydrogen-bond acceptors (Lipinski definition) is 7. The van der Waals surface area contributed by atoms with E-state index >= 15 is 0 Å². The van der Waals surface area contributed by atoms with Gasteiger partial charge in [-0.1, -0.05) is 24.8 Å². The molecule has 134 valence electrons. The molecular formula is C18H20O7. The van der Waals surface area contributed by atoms with Gasteiger partial charge in [0, 0.05) is 12.8 Å². The van der Waals surface area contributed by atoms with Crippen molar-refractivity contribution in [2.45, 2.75) is 12.8 Å². The topological polar surface area (TPSA) is 99.1 Å². The molecule has 0 aliphatic rings. The van der Waals surface area contributed by atoms with Crippen molar-refractivity contribution in [3.63, 3.8) is 0 Å². The number of rotatable bonds is 11. The predicted octanol–water partition coefficient (Wildman–Crippen LogP) is 2.13. The zero-order valence-electron chi connectivity index (χ0n) is 13.7. The smallest absolute Gasteiger partial charge is 0.373 e. The summed E-state index contributed by atoms with van der Waals surface area (Å²) in [6.45, 7) is 3.46. The van der Waals surface area contributed by atoms with E-state index < -0.39 is 17.7 Å². The Morgan fingerprint density at radius 3 is 2.44 bits per heavy atom. The maximum atomic E-state index is 11.5. The molecule has 0 saturated carbocycles. The predicted molar refractivity (Wildman–Crippen MR) is 89.0 cm³/mol. The highest BCUT2D eigenvalue weighted by Crippen LogP contribution is 2.08. The molecular weight excluding hydrogens is 328 g/mol. The first-order chi connectivity index (χ1) is 12.0. The molecule has 0 aliphatic heterocycles. The summed E-state index contributed by atoms with van der Waals surface area (Å²) in [5.41, 5.74) is 0. The van der Waals surface area contributed by atoms with Crippen molar-refractivity contribution in [1.82, 2.24) is 0 Å². The van der Waals surface area contributed by atoms with Crippen LogP contribution >= 0.6 is 0 Å². The van der Waals surface area contributed by atoms with E-state index in [9.17, 15) is 19.5 Å². The number of benzene rings is 1. The Hall–Kier alpha value is -3.09. The van der Waals surface area contributed by atoms with Crippen LogP contribution in [-0.2, 0) is 23.9 Å². The summed E-state index contributed by atoms with van der Waals surface area (Å²) in [6, 6.07) is 9.14. The van der Waals surface area contributed by atoms with E-state index in [1.807, 2.05) is 18.2 Å². The van der Waals surface area contributed by atoms with Gasteiger partial charge in [0.2, 0.25) is 5.76 Å². The summed E-state index contributed by atoms with van der Waals surface area (Å²) >= 11 is 0. The molecule has 0 aliphatic carbocycles. The van der Waals surface area contributed by atoms with Crippen LogP contribution in [0.3, 0.4) is 0 Å². The van der Waals surface area contributed by atoms with Crippen LogP contribution in [0.15, 0.2) is 54.8 Å². The summed E-state index contributed by atoms with van der Waals surface area (Å²) in [7, 11) is 0. The standard InChI is InChI=1S/C18H20O7/c1-2-14(19)9-12-24-17(21)13-16(20)18(22)25-11-6-10-23-15-7-4-3-5-8-15/h2-5,7-8,13,20H,1,6,9-12H2. The molecule has 25 heavy (non-hydrogen) atoms. The van der Waals surface area contributed by atoms with Gasteiger partial charge >= 0.3 is 11.9 Å². The number of aliphatic hydroxyl groups excluding tert-OH is 1. The lowest BCUT2D eigenvalue weighted by molar-refractivity contribution is -0.144. The molecule has 1 rings (SSSR count). The van der Waals surface area contributed by atoms with Crippen LogP contribution in [0.1, 0.15) is 12.8 Å². The van der Waals surface area contributed by atoms with Gasteiger partial charge in [0.15, 0.2) is 5.78 Å². The van der Waals surface area contributed by atoms with Gasteiger partial charge in [-0.25, -0.2) is 9.59 Å². The van der Waals surface area contributed by atoms with Crippen LogP contribution in [-0.4, -0.2) is 42.6 Å². The number of carbonyl (C=O) groups excluding carboxylic acids is 3. The Bertz CT molecular complexity index is 620. The third kappa shape index (κ3) is 8.95. The highest BCUT2D eigenvalue weighted by atomic mass is 16.6. The van der Waals surface area contributed by atoms with Crippen molar-refractivity contribution in [2.24, 2.45) is 0 Å². The monoisotopic (exact) mass is 348 g/mol. The molecule has 0 radical (unpaired) electrons. The van der Waals surface area contributed by atoms with Crippen LogP contribution in [0, 0.1) is 0 Å². The molecule has 1 aromatic carbocycles. The van der Waals surface area contributed by atoms with Crippen LogP contribution in [0.4, 0.5) is 0 Å². The number of hydrogen-bond donors (Lipinski definition) is 1. The zero-order valence-corrected chi connectivity index (χ0v) is 13.7. The van der Waals surface area contributed by atoms with E-state index in [4.69, 9.17) is 9.47 Å². The van der Waals surface area contributed by atoms with Crippen LogP contribution in [0.5, 0.6) is 5.75 Å². The lowest BCUT2D eigenvalue weighted by atomic mass is 10.3. The summed E-state index contributed by atoms with van der Waals surface area (Å²) in [5.74, 6) is -2.44. The highest BCUT2D eigenvalue weighted by Gasteiger charge is 2.12. The van der Waals surface area contributed by atoms with E-state index in [1.54, 1.807) is 12.1 Å². The Kier molecular flexibility index (Phi) is 9.14. The number of para-hydroxylation sites is 1. The molecule has 0 spiro atoms. The van der Waals surface area contributed by atoms with Gasteiger partial charge < -0.3 is 19.3 Å². The number of ether oxygens (including phenoxy) is 3. The fraction of sp³-hybridized carbons (Fsp3) is 0.278. The largest absolute Gasteiger partial charge is 0.502 e. The van der Waals surface area contributed by atoms with Crippen LogP contribution in [0.25, 0.3) is 0 Å². The second kappa shape index (κ2) is 11.4. The van der Waals surface area contributed by atoms with E-state index in [0.29, 0.717) is 24.9 Å². The quantitative estimate of drug-likeness (QED) is 0.283. The average Bonchev–Trinajstić information content (AvgIpc) is 2.61. The summed E-state index contributed by atoms with van der Waals surface area (Å²) in [5, 5.41) is 9.45. The minimum atomic E-state index is -1.04. The first-order valence-electron chi connectivity index (χ1n) is 7.60. The summed E-state index contributed by atoms with van der Waals surface area (Å²) in [6.07, 6.45) is 2.11. The molecule has 0 atom stereocenters. The molecule has 1 N–H and O–H groups in total. The second-order valence-corrected chi connectivity index (χ2v) is 4.77. The third-order valence-electron chi connectivity index (χ3n) is 2.82. The second-order valence-electron chi connectivity index (χ2n) is 4.77. The van der Waals surface area contributed by atoms with Gasteiger partial charge in [-0.3, -0.25) is 4.79 Å². The molecule has 0 bridgehead atoms. The maximum absolute atomic E-state index is 11.5. The lowest BCUT2D eigenvalue weighted by Gasteiger charge is -2.06. The SMILES string of the molecule is C=CC(=O)CCOC(=O)C=C(O)C(=O)OCCCOc1ccccc1. The minimum Gasteiger partial charge on any atom is -0.502 e. The Morgan fingerprint density at radius 1 is 1.04 bits per heavy atom. The van der Waals surface area contributed by atoms with Crippen molar-refractivity contribution in [3.05, 3.63) is 54.8 Å². The molecule has 7 nitrogen and oxygen atoms in total. The number of allylic oxidation sites excluding steroid dienone is 1. The van der Waals surface area contributed by atoms with Gasteiger partial charge in [-0.05, 0) is 18.2 Å². The first-order valence-corrected chi connectivity index (χ1v) is 7.60. The van der Waals surface area contributed by atoms with Crippen LogP contribution < -0.4 is 4.74 Å². The highest BCUT2D eigenvalue weighted by molar-refractivity contribution is 5.94. The average molecular weight is 348 g/mol. The normalized spacial score (nSPS) is 10.6. The number of aliphatic hydroxyl groups is 1. The molecule has 0 fully saturated rings. The summed E-state index contributed by atoms with van der Waals surface area (Å²) < 4.78 is 14.9. The van der Waals surface area contributed by atoms with Gasteiger partial charge in [0.05, 0.1) is 25.9 Å². The summed E-state index contributed by atoms with van der Waals surface area (Å²) in [4.78, 5) is 33.7. The Labute approximate surface area is 145 Å². The van der Waals surface area contributed by atoms with E-state index in [1.165, 1.54) is 0 Å². The molecule has 1 aromatic rings. The van der Waals surface area contributed by atoms with Crippen molar-refractivity contribution in [1.29, 1.82) is 0 Å².